The van der Waals surface area contributed by atoms with E-state index in [1.54, 1.807) is 23.0 Å². The molecule has 1 amide bonds. The number of carbonyl (C=O) groups is 1. The standard InChI is InChI=1S/C22H20N4O4S/c27-22(23-15-17-4-8-19(9-5-17)26-13-2-12-24-26)18-6-10-21(11-7-18)31(28,29)25-16-20-3-1-14-30-20/h1-14,25H,15-16H2,(H,23,27). The summed E-state index contributed by atoms with van der Waals surface area (Å²) >= 11 is 0. The van der Waals surface area contributed by atoms with Gasteiger partial charge in [0.1, 0.15) is 5.76 Å². The van der Waals surface area contributed by atoms with Crippen LogP contribution in [0.25, 0.3) is 5.69 Å². The molecular weight excluding hydrogens is 416 g/mol. The molecule has 0 spiro atoms. The van der Waals surface area contributed by atoms with Crippen molar-refractivity contribution in [1.82, 2.24) is 19.8 Å². The Hall–Kier alpha value is -3.69. The molecule has 8 nitrogen and oxygen atoms in total. The average molecular weight is 436 g/mol. The Morgan fingerprint density at radius 2 is 1.74 bits per heavy atom. The summed E-state index contributed by atoms with van der Waals surface area (Å²) in [7, 11) is -3.71. The molecule has 0 aliphatic carbocycles. The quantitative estimate of drug-likeness (QED) is 0.442. The van der Waals surface area contributed by atoms with Gasteiger partial charge in [0.05, 0.1) is 23.4 Å². The highest BCUT2D eigenvalue weighted by molar-refractivity contribution is 7.89. The number of carbonyl (C=O) groups excluding carboxylic acids is 1. The molecule has 9 heteroatoms. The number of hydrogen-bond acceptors (Lipinski definition) is 5. The molecule has 0 aliphatic heterocycles. The van der Waals surface area contributed by atoms with Crippen molar-refractivity contribution < 1.29 is 17.6 Å². The lowest BCUT2D eigenvalue weighted by molar-refractivity contribution is 0.0951. The van der Waals surface area contributed by atoms with Crippen LogP contribution < -0.4 is 10.0 Å². The van der Waals surface area contributed by atoms with Gasteiger partial charge in [-0.25, -0.2) is 17.8 Å². The highest BCUT2D eigenvalue weighted by Crippen LogP contribution is 2.13. The molecule has 0 bridgehead atoms. The zero-order valence-corrected chi connectivity index (χ0v) is 17.2. The predicted molar refractivity (Wildman–Crippen MR) is 114 cm³/mol. The maximum Gasteiger partial charge on any atom is 0.251 e. The summed E-state index contributed by atoms with van der Waals surface area (Å²) in [6.07, 6.45) is 5.04. The number of amides is 1. The van der Waals surface area contributed by atoms with Gasteiger partial charge in [0.25, 0.3) is 5.91 Å². The van der Waals surface area contributed by atoms with E-state index in [1.807, 2.05) is 36.5 Å². The van der Waals surface area contributed by atoms with E-state index in [4.69, 9.17) is 4.42 Å². The highest BCUT2D eigenvalue weighted by Gasteiger charge is 2.15. The third-order valence-corrected chi connectivity index (χ3v) is 6.02. The van der Waals surface area contributed by atoms with Crippen LogP contribution in [0.2, 0.25) is 0 Å². The van der Waals surface area contributed by atoms with Gasteiger partial charge in [-0.15, -0.1) is 0 Å². The molecular formula is C22H20N4O4S. The zero-order chi connectivity index (χ0) is 21.7. The van der Waals surface area contributed by atoms with E-state index in [0.29, 0.717) is 17.9 Å². The van der Waals surface area contributed by atoms with E-state index in [-0.39, 0.29) is 17.3 Å². The molecule has 2 aromatic carbocycles. The molecule has 0 unspecified atom stereocenters. The number of furan rings is 1. The Balaban J connectivity index is 1.33. The van der Waals surface area contributed by atoms with Crippen LogP contribution in [0.5, 0.6) is 0 Å². The van der Waals surface area contributed by atoms with E-state index >= 15 is 0 Å². The fourth-order valence-corrected chi connectivity index (χ4v) is 3.91. The first kappa shape index (κ1) is 20.6. The van der Waals surface area contributed by atoms with Crippen molar-refractivity contribution in [3.05, 3.63) is 102 Å². The molecule has 2 aromatic heterocycles. The fraction of sp³-hybridized carbons (Fsp3) is 0.0909. The first-order valence-electron chi connectivity index (χ1n) is 9.50. The average Bonchev–Trinajstić information content (AvgIpc) is 3.51. The maximum absolute atomic E-state index is 12.4. The smallest absolute Gasteiger partial charge is 0.251 e. The van der Waals surface area contributed by atoms with Crippen LogP contribution in [0, 0.1) is 0 Å². The van der Waals surface area contributed by atoms with Gasteiger partial charge in [0.2, 0.25) is 10.0 Å². The zero-order valence-electron chi connectivity index (χ0n) is 16.4. The summed E-state index contributed by atoms with van der Waals surface area (Å²) < 4.78 is 34.1. The van der Waals surface area contributed by atoms with Crippen LogP contribution >= 0.6 is 0 Å². The Kier molecular flexibility index (Phi) is 5.96. The van der Waals surface area contributed by atoms with E-state index in [2.05, 4.69) is 15.1 Å². The van der Waals surface area contributed by atoms with Crippen LogP contribution in [-0.4, -0.2) is 24.1 Å². The minimum Gasteiger partial charge on any atom is -0.468 e. The molecule has 0 saturated carbocycles. The second-order valence-electron chi connectivity index (χ2n) is 6.73. The SMILES string of the molecule is O=C(NCc1ccc(-n2cccn2)cc1)c1ccc(S(=O)(=O)NCc2ccco2)cc1. The largest absolute Gasteiger partial charge is 0.468 e. The number of nitrogens with zero attached hydrogens (tertiary/aromatic N) is 2. The summed E-state index contributed by atoms with van der Waals surface area (Å²) in [5.74, 6) is 0.223. The third-order valence-electron chi connectivity index (χ3n) is 4.60. The van der Waals surface area contributed by atoms with Crippen LogP contribution in [0.4, 0.5) is 0 Å². The van der Waals surface area contributed by atoms with Crippen molar-refractivity contribution in [2.75, 3.05) is 0 Å². The van der Waals surface area contributed by atoms with Gasteiger partial charge in [0, 0.05) is 24.5 Å². The summed E-state index contributed by atoms with van der Waals surface area (Å²) in [4.78, 5) is 12.5. The minimum absolute atomic E-state index is 0.0523. The number of rotatable bonds is 8. The van der Waals surface area contributed by atoms with E-state index in [9.17, 15) is 13.2 Å². The molecule has 4 rings (SSSR count). The van der Waals surface area contributed by atoms with Crippen molar-refractivity contribution in [2.45, 2.75) is 18.0 Å². The molecule has 0 radical (unpaired) electrons. The summed E-state index contributed by atoms with van der Waals surface area (Å²) in [5, 5.41) is 7.01. The van der Waals surface area contributed by atoms with Crippen LogP contribution in [0.15, 0.2) is 94.7 Å². The molecule has 158 valence electrons. The topological polar surface area (TPSA) is 106 Å². The van der Waals surface area contributed by atoms with Crippen LogP contribution in [0.3, 0.4) is 0 Å². The van der Waals surface area contributed by atoms with E-state index in [0.717, 1.165) is 11.3 Å². The number of aromatic nitrogens is 2. The molecule has 2 N–H and O–H groups in total. The summed E-state index contributed by atoms with van der Waals surface area (Å²) in [6.45, 7) is 0.403. The number of nitrogens with one attached hydrogen (secondary N) is 2. The Morgan fingerprint density at radius 3 is 2.39 bits per heavy atom. The Labute approximate surface area is 179 Å². The molecule has 0 saturated heterocycles. The van der Waals surface area contributed by atoms with Gasteiger partial charge in [-0.2, -0.15) is 5.10 Å². The molecule has 31 heavy (non-hydrogen) atoms. The van der Waals surface area contributed by atoms with Crippen molar-refractivity contribution in [2.24, 2.45) is 0 Å². The third kappa shape index (κ3) is 5.08. The lowest BCUT2D eigenvalue weighted by Gasteiger charge is -2.08. The molecule has 0 aliphatic rings. The summed E-state index contributed by atoms with van der Waals surface area (Å²) in [5.41, 5.74) is 2.24. The molecule has 0 fully saturated rings. The van der Waals surface area contributed by atoms with Crippen molar-refractivity contribution in [3.63, 3.8) is 0 Å². The first-order valence-corrected chi connectivity index (χ1v) is 11.0. The van der Waals surface area contributed by atoms with Crippen molar-refractivity contribution in [3.8, 4) is 5.69 Å². The van der Waals surface area contributed by atoms with Gasteiger partial charge in [-0.05, 0) is 60.2 Å². The summed E-state index contributed by atoms with van der Waals surface area (Å²) in [6, 6.07) is 18.7. The molecule has 2 heterocycles. The first-order chi connectivity index (χ1) is 15.0. The van der Waals surface area contributed by atoms with Crippen molar-refractivity contribution in [1.29, 1.82) is 0 Å². The number of benzene rings is 2. The second-order valence-corrected chi connectivity index (χ2v) is 8.50. The second kappa shape index (κ2) is 8.99. The van der Waals surface area contributed by atoms with Gasteiger partial charge in [-0.3, -0.25) is 4.79 Å². The van der Waals surface area contributed by atoms with Crippen molar-refractivity contribution >= 4 is 15.9 Å². The monoisotopic (exact) mass is 436 g/mol. The van der Waals surface area contributed by atoms with E-state index in [1.165, 1.54) is 30.5 Å². The van der Waals surface area contributed by atoms with Gasteiger partial charge in [0.15, 0.2) is 0 Å². The minimum atomic E-state index is -3.71. The molecule has 4 aromatic rings. The normalized spacial score (nSPS) is 11.4. The van der Waals surface area contributed by atoms with E-state index < -0.39 is 10.0 Å². The molecule has 0 atom stereocenters. The van der Waals surface area contributed by atoms with Crippen LogP contribution in [0.1, 0.15) is 21.7 Å². The number of sulfonamides is 1. The lowest BCUT2D eigenvalue weighted by atomic mass is 10.2. The highest BCUT2D eigenvalue weighted by atomic mass is 32.2. The van der Waals surface area contributed by atoms with Gasteiger partial charge >= 0.3 is 0 Å². The number of hydrogen-bond donors (Lipinski definition) is 2. The lowest BCUT2D eigenvalue weighted by Crippen LogP contribution is -2.24. The van der Waals surface area contributed by atoms with Gasteiger partial charge in [-0.1, -0.05) is 12.1 Å². The van der Waals surface area contributed by atoms with Gasteiger partial charge < -0.3 is 9.73 Å². The Morgan fingerprint density at radius 1 is 0.968 bits per heavy atom. The predicted octanol–water partition coefficient (Wildman–Crippen LogP) is 2.87. The van der Waals surface area contributed by atoms with Crippen LogP contribution in [-0.2, 0) is 23.1 Å². The fourth-order valence-electron chi connectivity index (χ4n) is 2.92. The maximum atomic E-state index is 12.4. The Bertz CT molecular complexity index is 1230.